The van der Waals surface area contributed by atoms with Crippen LogP contribution in [0.4, 0.5) is 0 Å². The van der Waals surface area contributed by atoms with Crippen molar-refractivity contribution in [2.45, 2.75) is 6.92 Å². The number of hydrogen-bond donors (Lipinski definition) is 0. The Balaban J connectivity index is 2.25. The van der Waals surface area contributed by atoms with E-state index in [4.69, 9.17) is 16.0 Å². The highest BCUT2D eigenvalue weighted by atomic mass is 35.5. The van der Waals surface area contributed by atoms with Crippen LogP contribution in [-0.2, 0) is 0 Å². The molecule has 0 fully saturated rings. The second-order valence-corrected chi connectivity index (χ2v) is 4.04. The highest BCUT2D eigenvalue weighted by Crippen LogP contribution is 2.29. The van der Waals surface area contributed by atoms with Crippen LogP contribution in [0.25, 0.3) is 22.4 Å². The fraction of sp³-hybridized carbons (Fsp3) is 0.0833. The normalized spacial score (nSPS) is 10.9. The van der Waals surface area contributed by atoms with E-state index in [2.05, 4.69) is 15.0 Å². The Bertz CT molecular complexity index is 679. The van der Waals surface area contributed by atoms with Gasteiger partial charge in [-0.25, -0.2) is 15.0 Å². The minimum absolute atomic E-state index is 0.563. The van der Waals surface area contributed by atoms with Gasteiger partial charge < -0.3 is 4.42 Å². The van der Waals surface area contributed by atoms with Crippen molar-refractivity contribution in [3.05, 3.63) is 41.6 Å². The maximum atomic E-state index is 6.16. The summed E-state index contributed by atoms with van der Waals surface area (Å²) in [6, 6.07) is 5.53. The van der Waals surface area contributed by atoms with Crippen molar-refractivity contribution in [1.82, 2.24) is 15.0 Å². The number of aromatic nitrogens is 3. The second-order valence-electron chi connectivity index (χ2n) is 3.63. The third kappa shape index (κ3) is 1.76. The number of oxazole rings is 1. The topological polar surface area (TPSA) is 51.8 Å². The fourth-order valence-electron chi connectivity index (χ4n) is 1.71. The van der Waals surface area contributed by atoms with Crippen molar-refractivity contribution < 1.29 is 4.42 Å². The lowest BCUT2D eigenvalue weighted by molar-refractivity contribution is 0.561. The molecule has 1 aromatic carbocycles. The Morgan fingerprint density at radius 1 is 1.29 bits per heavy atom. The van der Waals surface area contributed by atoms with Crippen LogP contribution in [0.5, 0.6) is 0 Å². The predicted octanol–water partition coefficient (Wildman–Crippen LogP) is 3.25. The van der Waals surface area contributed by atoms with Gasteiger partial charge in [0, 0.05) is 18.7 Å². The van der Waals surface area contributed by atoms with Gasteiger partial charge in [0.2, 0.25) is 0 Å². The predicted molar refractivity (Wildman–Crippen MR) is 64.8 cm³/mol. The average molecular weight is 246 g/mol. The Kier molecular flexibility index (Phi) is 2.30. The summed E-state index contributed by atoms with van der Waals surface area (Å²) < 4.78 is 5.47. The molecule has 0 spiro atoms. The number of nitrogens with zero attached hydrogens (tertiary/aromatic N) is 3. The van der Waals surface area contributed by atoms with Gasteiger partial charge in [0.05, 0.1) is 10.7 Å². The zero-order valence-corrected chi connectivity index (χ0v) is 9.77. The Labute approximate surface area is 102 Å². The number of hydrogen-bond acceptors (Lipinski definition) is 4. The van der Waals surface area contributed by atoms with E-state index < -0.39 is 0 Å². The monoisotopic (exact) mass is 245 g/mol. The fourth-order valence-corrected chi connectivity index (χ4v) is 1.96. The molecule has 0 aliphatic heterocycles. The van der Waals surface area contributed by atoms with Gasteiger partial charge in [-0.1, -0.05) is 11.6 Å². The molecule has 5 heteroatoms. The van der Waals surface area contributed by atoms with Gasteiger partial charge in [0.1, 0.15) is 11.8 Å². The van der Waals surface area contributed by atoms with Gasteiger partial charge in [-0.15, -0.1) is 0 Å². The standard InChI is InChI=1S/C12H8ClN3O/c1-7-16-12-9(13)4-8(5-11(12)17-7)10-2-3-14-6-15-10/h2-6H,1H3. The van der Waals surface area contributed by atoms with Gasteiger partial charge in [0.25, 0.3) is 0 Å². The molecule has 2 aromatic heterocycles. The lowest BCUT2D eigenvalue weighted by atomic mass is 10.1. The van der Waals surface area contributed by atoms with E-state index in [-0.39, 0.29) is 0 Å². The lowest BCUT2D eigenvalue weighted by Gasteiger charge is -2.00. The Morgan fingerprint density at radius 2 is 2.18 bits per heavy atom. The van der Waals surface area contributed by atoms with E-state index >= 15 is 0 Å². The third-order valence-corrected chi connectivity index (χ3v) is 2.72. The molecule has 0 aliphatic rings. The second kappa shape index (κ2) is 3.82. The molecule has 3 rings (SSSR count). The van der Waals surface area contributed by atoms with Crippen LogP contribution in [0.3, 0.4) is 0 Å². The Morgan fingerprint density at radius 3 is 2.94 bits per heavy atom. The van der Waals surface area contributed by atoms with E-state index in [9.17, 15) is 0 Å². The van der Waals surface area contributed by atoms with Crippen LogP contribution in [-0.4, -0.2) is 15.0 Å². The first-order valence-electron chi connectivity index (χ1n) is 5.07. The molecule has 0 aliphatic carbocycles. The summed E-state index contributed by atoms with van der Waals surface area (Å²) in [6.07, 6.45) is 3.19. The molecule has 0 unspecified atom stereocenters. The van der Waals surface area contributed by atoms with E-state index in [0.29, 0.717) is 22.0 Å². The van der Waals surface area contributed by atoms with Crippen molar-refractivity contribution in [2.24, 2.45) is 0 Å². The molecule has 0 amide bonds. The molecule has 2 heterocycles. The maximum Gasteiger partial charge on any atom is 0.192 e. The maximum absolute atomic E-state index is 6.16. The molecule has 0 radical (unpaired) electrons. The molecular weight excluding hydrogens is 238 g/mol. The van der Waals surface area contributed by atoms with Gasteiger partial charge in [-0.2, -0.15) is 0 Å². The van der Waals surface area contributed by atoms with Gasteiger partial charge in [-0.3, -0.25) is 0 Å². The zero-order chi connectivity index (χ0) is 11.8. The molecule has 17 heavy (non-hydrogen) atoms. The number of aryl methyl sites for hydroxylation is 1. The first kappa shape index (κ1) is 10.2. The first-order chi connectivity index (χ1) is 8.24. The van der Waals surface area contributed by atoms with Gasteiger partial charge in [0.15, 0.2) is 11.5 Å². The number of halogens is 1. The highest BCUT2D eigenvalue weighted by molar-refractivity contribution is 6.35. The highest BCUT2D eigenvalue weighted by Gasteiger charge is 2.10. The van der Waals surface area contributed by atoms with Crippen LogP contribution in [0, 0.1) is 6.92 Å². The zero-order valence-electron chi connectivity index (χ0n) is 9.01. The van der Waals surface area contributed by atoms with Crippen LogP contribution in [0.2, 0.25) is 5.02 Å². The summed E-state index contributed by atoms with van der Waals surface area (Å²) in [7, 11) is 0. The first-order valence-corrected chi connectivity index (χ1v) is 5.45. The van der Waals surface area contributed by atoms with E-state index in [1.807, 2.05) is 18.2 Å². The summed E-state index contributed by atoms with van der Waals surface area (Å²) in [5.41, 5.74) is 3.05. The third-order valence-electron chi connectivity index (χ3n) is 2.43. The molecule has 0 N–H and O–H groups in total. The molecule has 0 saturated carbocycles. The molecule has 84 valence electrons. The summed E-state index contributed by atoms with van der Waals surface area (Å²) in [5.74, 6) is 0.599. The molecular formula is C12H8ClN3O. The van der Waals surface area contributed by atoms with Crippen LogP contribution in [0.15, 0.2) is 35.1 Å². The average Bonchev–Trinajstić information content (AvgIpc) is 2.71. The van der Waals surface area contributed by atoms with Crippen LogP contribution < -0.4 is 0 Å². The number of benzene rings is 1. The molecule has 3 aromatic rings. The van der Waals surface area contributed by atoms with Gasteiger partial charge >= 0.3 is 0 Å². The number of fused-ring (bicyclic) bond motifs is 1. The van der Waals surface area contributed by atoms with E-state index in [0.717, 1.165) is 11.3 Å². The summed E-state index contributed by atoms with van der Waals surface area (Å²) in [5, 5.41) is 0.563. The van der Waals surface area contributed by atoms with Crippen molar-refractivity contribution >= 4 is 22.7 Å². The SMILES string of the molecule is Cc1nc2c(Cl)cc(-c3ccncn3)cc2o1. The van der Waals surface area contributed by atoms with E-state index in [1.54, 1.807) is 13.1 Å². The van der Waals surface area contributed by atoms with Crippen molar-refractivity contribution in [1.29, 1.82) is 0 Å². The lowest BCUT2D eigenvalue weighted by Crippen LogP contribution is -1.84. The van der Waals surface area contributed by atoms with Crippen molar-refractivity contribution in [2.75, 3.05) is 0 Å². The molecule has 0 bridgehead atoms. The number of rotatable bonds is 1. The smallest absolute Gasteiger partial charge is 0.192 e. The largest absolute Gasteiger partial charge is 0.441 e. The molecule has 0 saturated heterocycles. The minimum Gasteiger partial charge on any atom is -0.441 e. The molecule has 4 nitrogen and oxygen atoms in total. The van der Waals surface area contributed by atoms with Crippen molar-refractivity contribution in [3.63, 3.8) is 0 Å². The van der Waals surface area contributed by atoms with Gasteiger partial charge in [-0.05, 0) is 18.2 Å². The van der Waals surface area contributed by atoms with Crippen LogP contribution >= 0.6 is 11.6 Å². The van der Waals surface area contributed by atoms with E-state index in [1.165, 1.54) is 6.33 Å². The summed E-state index contributed by atoms with van der Waals surface area (Å²) in [4.78, 5) is 12.3. The van der Waals surface area contributed by atoms with Crippen LogP contribution in [0.1, 0.15) is 5.89 Å². The molecule has 0 atom stereocenters. The quantitative estimate of drug-likeness (QED) is 0.660. The Hall–Kier alpha value is -1.94. The summed E-state index contributed by atoms with van der Waals surface area (Å²) >= 11 is 6.16. The summed E-state index contributed by atoms with van der Waals surface area (Å²) in [6.45, 7) is 1.79. The van der Waals surface area contributed by atoms with Crippen molar-refractivity contribution in [3.8, 4) is 11.3 Å². The minimum atomic E-state index is 0.563.